The summed E-state index contributed by atoms with van der Waals surface area (Å²) >= 11 is 0. The lowest BCUT2D eigenvalue weighted by molar-refractivity contribution is 0.0950. The monoisotopic (exact) mass is 534 g/mol. The van der Waals surface area contributed by atoms with Gasteiger partial charge in [0.2, 0.25) is 0 Å². The highest BCUT2D eigenvalue weighted by atomic mass is 19.1. The van der Waals surface area contributed by atoms with Crippen LogP contribution in [0.1, 0.15) is 53.6 Å². The molecule has 8 heteroatoms. The Balaban J connectivity index is 1.57. The molecule has 2 heterocycles. The third kappa shape index (κ3) is 6.40. The van der Waals surface area contributed by atoms with E-state index in [1.54, 1.807) is 17.6 Å². The molecule has 1 aromatic heterocycles. The van der Waals surface area contributed by atoms with Crippen LogP contribution in [0.25, 0.3) is 21.9 Å². The van der Waals surface area contributed by atoms with Gasteiger partial charge in [0.05, 0.1) is 0 Å². The van der Waals surface area contributed by atoms with Crippen LogP contribution < -0.4 is 10.9 Å². The van der Waals surface area contributed by atoms with Crippen LogP contribution in [0.4, 0.5) is 4.39 Å². The molecule has 208 valence electrons. The molecule has 2 fully saturated rings. The Kier molecular flexibility index (Phi) is 8.45. The van der Waals surface area contributed by atoms with Crippen LogP contribution in [-0.2, 0) is 13.1 Å². The van der Waals surface area contributed by atoms with E-state index in [4.69, 9.17) is 0 Å². The van der Waals surface area contributed by atoms with E-state index < -0.39 is 5.82 Å². The van der Waals surface area contributed by atoms with Gasteiger partial charge in [0.25, 0.3) is 11.5 Å². The van der Waals surface area contributed by atoms with E-state index >= 15 is 4.39 Å². The second-order valence-electron chi connectivity index (χ2n) is 11.2. The fraction of sp³-hybridized carbons (Fsp3) is 0.484. The second kappa shape index (κ2) is 12.0. The molecule has 1 aliphatic carbocycles. The number of hydrogen-bond donors (Lipinski definition) is 2. The molecule has 1 aliphatic heterocycles. The van der Waals surface area contributed by atoms with Gasteiger partial charge >= 0.3 is 0 Å². The highest BCUT2D eigenvalue weighted by molar-refractivity contribution is 5.97. The Morgan fingerprint density at radius 1 is 1.08 bits per heavy atom. The molecule has 0 spiro atoms. The average Bonchev–Trinajstić information content (AvgIpc) is 3.76. The molecule has 1 saturated heterocycles. The number of likely N-dealkylation sites (N-methyl/N-ethyl adjacent to an activating group) is 1. The Hall–Kier alpha value is -3.07. The standard InChI is InChI=1S/C31H39FN4O3/c1-21-27(17-23(18-29(21)32)30(38)33-25-7-8-25)22-6-9-26-28(16-22)24(19-35-11-5-10-34(2)13-14-35)20-36(31(26)39)12-3-4-15-37/h6,9,16-18,20,25,37H,3-5,7-8,10-15,19H2,1-2H3,(H,33,38). The average molecular weight is 535 g/mol. The smallest absolute Gasteiger partial charge is 0.258 e. The van der Waals surface area contributed by atoms with Crippen molar-refractivity contribution in [3.8, 4) is 11.1 Å². The lowest BCUT2D eigenvalue weighted by atomic mass is 9.94. The number of nitrogens with one attached hydrogen (secondary N) is 1. The number of unbranched alkanes of at least 4 members (excludes halogenated alkanes) is 1. The van der Waals surface area contributed by atoms with Gasteiger partial charge in [0.15, 0.2) is 0 Å². The van der Waals surface area contributed by atoms with Crippen molar-refractivity contribution in [3.63, 3.8) is 0 Å². The molecule has 0 bridgehead atoms. The van der Waals surface area contributed by atoms with E-state index in [-0.39, 0.29) is 24.1 Å². The SMILES string of the molecule is Cc1c(F)cc(C(=O)NC2CC2)cc1-c1ccc2c(=O)n(CCCCO)cc(CN3CCCN(C)CC3)c2c1. The molecule has 3 aromatic rings. The van der Waals surface area contributed by atoms with E-state index in [1.807, 2.05) is 24.4 Å². The zero-order chi connectivity index (χ0) is 27.5. The van der Waals surface area contributed by atoms with Gasteiger partial charge in [-0.15, -0.1) is 0 Å². The number of nitrogens with zero attached hydrogens (tertiary/aromatic N) is 3. The van der Waals surface area contributed by atoms with Crippen LogP contribution in [0.5, 0.6) is 0 Å². The molecular weight excluding hydrogens is 495 g/mol. The first-order valence-corrected chi connectivity index (χ1v) is 14.1. The number of aryl methyl sites for hydroxylation is 1. The van der Waals surface area contributed by atoms with Crippen molar-refractivity contribution in [2.45, 2.75) is 58.2 Å². The molecule has 2 aliphatic rings. The van der Waals surface area contributed by atoms with Gasteiger partial charge in [-0.1, -0.05) is 6.07 Å². The topological polar surface area (TPSA) is 77.8 Å². The van der Waals surface area contributed by atoms with Crippen LogP contribution in [0.2, 0.25) is 0 Å². The summed E-state index contributed by atoms with van der Waals surface area (Å²) in [6.45, 7) is 7.09. The number of carbonyl (C=O) groups is 1. The first kappa shape index (κ1) is 27.5. The van der Waals surface area contributed by atoms with Gasteiger partial charge in [0, 0.05) is 56.0 Å². The molecule has 0 unspecified atom stereocenters. The van der Waals surface area contributed by atoms with Crippen LogP contribution >= 0.6 is 0 Å². The maximum absolute atomic E-state index is 15.0. The van der Waals surface area contributed by atoms with Crippen LogP contribution in [0.3, 0.4) is 0 Å². The molecule has 39 heavy (non-hydrogen) atoms. The number of hydrogen-bond acceptors (Lipinski definition) is 5. The molecule has 1 amide bonds. The lowest BCUT2D eigenvalue weighted by Crippen LogP contribution is -2.29. The van der Waals surface area contributed by atoms with E-state index in [2.05, 4.69) is 22.2 Å². The maximum atomic E-state index is 15.0. The van der Waals surface area contributed by atoms with Crippen molar-refractivity contribution < 1.29 is 14.3 Å². The van der Waals surface area contributed by atoms with Crippen molar-refractivity contribution in [1.29, 1.82) is 0 Å². The Labute approximate surface area is 229 Å². The molecular formula is C31H39FN4O3. The predicted molar refractivity (Wildman–Crippen MR) is 153 cm³/mol. The van der Waals surface area contributed by atoms with Crippen LogP contribution in [-0.4, -0.2) is 71.3 Å². The van der Waals surface area contributed by atoms with Crippen molar-refractivity contribution >= 4 is 16.7 Å². The Morgan fingerprint density at radius 3 is 2.67 bits per heavy atom. The van der Waals surface area contributed by atoms with Gasteiger partial charge in [0.1, 0.15) is 5.82 Å². The summed E-state index contributed by atoms with van der Waals surface area (Å²) in [6.07, 6.45) is 6.35. The zero-order valence-corrected chi connectivity index (χ0v) is 23.0. The number of carbonyl (C=O) groups excluding carboxylic acids is 1. The number of aliphatic hydroxyl groups is 1. The van der Waals surface area contributed by atoms with Crippen molar-refractivity contribution in [2.24, 2.45) is 0 Å². The Bertz CT molecular complexity index is 1420. The number of pyridine rings is 1. The first-order chi connectivity index (χ1) is 18.8. The summed E-state index contributed by atoms with van der Waals surface area (Å²) in [5.41, 5.74) is 3.23. The minimum atomic E-state index is -0.415. The second-order valence-corrected chi connectivity index (χ2v) is 11.2. The fourth-order valence-electron chi connectivity index (χ4n) is 5.43. The van der Waals surface area contributed by atoms with Crippen molar-refractivity contribution in [1.82, 2.24) is 19.7 Å². The van der Waals surface area contributed by atoms with E-state index in [9.17, 15) is 14.7 Å². The number of benzene rings is 2. The van der Waals surface area contributed by atoms with Gasteiger partial charge in [-0.05, 0) is 111 Å². The number of aromatic nitrogens is 1. The molecule has 1 saturated carbocycles. The number of fused-ring (bicyclic) bond motifs is 1. The van der Waals surface area contributed by atoms with Crippen LogP contribution in [0.15, 0.2) is 41.3 Å². The highest BCUT2D eigenvalue weighted by Gasteiger charge is 2.25. The third-order valence-electron chi connectivity index (χ3n) is 8.01. The van der Waals surface area contributed by atoms with E-state index in [1.165, 1.54) is 6.07 Å². The quantitative estimate of drug-likeness (QED) is 0.407. The largest absolute Gasteiger partial charge is 0.396 e. The van der Waals surface area contributed by atoms with E-state index in [0.717, 1.165) is 68.4 Å². The molecule has 2 aromatic carbocycles. The summed E-state index contributed by atoms with van der Waals surface area (Å²) in [7, 11) is 2.15. The molecule has 0 radical (unpaired) electrons. The summed E-state index contributed by atoms with van der Waals surface area (Å²) in [5, 5.41) is 13.7. The number of rotatable bonds is 9. The van der Waals surface area contributed by atoms with Gasteiger partial charge < -0.3 is 19.9 Å². The predicted octanol–water partition coefficient (Wildman–Crippen LogP) is 3.92. The summed E-state index contributed by atoms with van der Waals surface area (Å²) < 4.78 is 16.8. The minimum absolute atomic E-state index is 0.0608. The molecule has 0 atom stereocenters. The fourth-order valence-corrected chi connectivity index (χ4v) is 5.43. The maximum Gasteiger partial charge on any atom is 0.258 e. The van der Waals surface area contributed by atoms with Crippen molar-refractivity contribution in [2.75, 3.05) is 39.8 Å². The minimum Gasteiger partial charge on any atom is -0.396 e. The number of aliphatic hydroxyl groups excluding tert-OH is 1. The number of amides is 1. The van der Waals surface area contributed by atoms with Crippen molar-refractivity contribution in [3.05, 3.63) is 69.4 Å². The molecule has 5 rings (SSSR count). The van der Waals surface area contributed by atoms with Gasteiger partial charge in [-0.2, -0.15) is 0 Å². The normalized spacial score (nSPS) is 16.9. The van der Waals surface area contributed by atoms with Gasteiger partial charge in [-0.25, -0.2) is 4.39 Å². The summed E-state index contributed by atoms with van der Waals surface area (Å²) in [6, 6.07) is 8.94. The number of halogens is 1. The first-order valence-electron chi connectivity index (χ1n) is 14.1. The zero-order valence-electron chi connectivity index (χ0n) is 23.0. The third-order valence-corrected chi connectivity index (χ3v) is 8.01. The summed E-state index contributed by atoms with van der Waals surface area (Å²) in [4.78, 5) is 31.0. The Morgan fingerprint density at radius 2 is 1.90 bits per heavy atom. The lowest BCUT2D eigenvalue weighted by Gasteiger charge is -2.22. The molecule has 7 nitrogen and oxygen atoms in total. The highest BCUT2D eigenvalue weighted by Crippen LogP contribution is 2.31. The molecule has 2 N–H and O–H groups in total. The van der Waals surface area contributed by atoms with Crippen LogP contribution in [0, 0.1) is 12.7 Å². The van der Waals surface area contributed by atoms with E-state index in [0.29, 0.717) is 41.6 Å². The van der Waals surface area contributed by atoms with Gasteiger partial charge in [-0.3, -0.25) is 14.5 Å². The summed E-state index contributed by atoms with van der Waals surface area (Å²) in [5.74, 6) is -0.669.